The molecule has 2 aromatic rings. The van der Waals surface area contributed by atoms with E-state index in [1.807, 2.05) is 0 Å². The number of amides is 1. The lowest BCUT2D eigenvalue weighted by atomic mass is 10.2. The van der Waals surface area contributed by atoms with E-state index in [9.17, 15) is 9.18 Å². The first-order valence-corrected chi connectivity index (χ1v) is 5.20. The van der Waals surface area contributed by atoms with Crippen molar-refractivity contribution in [3.05, 3.63) is 48.6 Å². The summed E-state index contributed by atoms with van der Waals surface area (Å²) in [6.07, 6.45) is 1.52. The van der Waals surface area contributed by atoms with Crippen LogP contribution in [0.2, 0.25) is 0 Å². The second-order valence-corrected chi connectivity index (χ2v) is 3.39. The highest BCUT2D eigenvalue weighted by atomic mass is 19.1. The number of rotatable bonds is 4. The van der Waals surface area contributed by atoms with Gasteiger partial charge in [-0.1, -0.05) is 18.2 Å². The number of carbonyl (C=O) groups excluding carboxylic acids is 1. The van der Waals surface area contributed by atoms with Crippen LogP contribution in [0.25, 0.3) is 11.5 Å². The summed E-state index contributed by atoms with van der Waals surface area (Å²) in [6.45, 7) is 3.75. The zero-order valence-corrected chi connectivity index (χ0v) is 9.39. The smallest absolute Gasteiger partial charge is 0.309 e. The summed E-state index contributed by atoms with van der Waals surface area (Å²) in [6, 6.07) is 5.96. The van der Waals surface area contributed by atoms with Crippen molar-refractivity contribution in [3.8, 4) is 11.5 Å². The van der Waals surface area contributed by atoms with Crippen LogP contribution in [0.1, 0.15) is 10.7 Å². The number of hydrogen-bond acceptors (Lipinski definition) is 4. The van der Waals surface area contributed by atoms with Crippen LogP contribution in [0.5, 0.6) is 0 Å². The SMILES string of the molecule is C=CCNC(=O)c1nnc(-c2ccccc2F)o1. The van der Waals surface area contributed by atoms with Crippen molar-refractivity contribution in [2.24, 2.45) is 0 Å². The van der Waals surface area contributed by atoms with Gasteiger partial charge in [-0.15, -0.1) is 16.8 Å². The van der Waals surface area contributed by atoms with Crippen LogP contribution in [0.15, 0.2) is 41.3 Å². The second-order valence-electron chi connectivity index (χ2n) is 3.39. The predicted octanol–water partition coefficient (Wildman–Crippen LogP) is 1.79. The van der Waals surface area contributed by atoms with Gasteiger partial charge in [-0.05, 0) is 12.1 Å². The number of carbonyl (C=O) groups is 1. The molecule has 2 rings (SSSR count). The van der Waals surface area contributed by atoms with Gasteiger partial charge in [-0.3, -0.25) is 4.79 Å². The van der Waals surface area contributed by atoms with Crippen molar-refractivity contribution in [3.63, 3.8) is 0 Å². The largest absolute Gasteiger partial charge is 0.412 e. The average Bonchev–Trinajstić information content (AvgIpc) is 2.86. The third-order valence-electron chi connectivity index (χ3n) is 2.13. The zero-order chi connectivity index (χ0) is 13.0. The maximum atomic E-state index is 13.4. The van der Waals surface area contributed by atoms with Gasteiger partial charge in [0.05, 0.1) is 5.56 Å². The minimum atomic E-state index is -0.523. The molecule has 0 saturated carbocycles. The lowest BCUT2D eigenvalue weighted by Crippen LogP contribution is -2.23. The highest BCUT2D eigenvalue weighted by molar-refractivity contribution is 5.89. The molecule has 6 heteroatoms. The Labute approximate surface area is 102 Å². The Kier molecular flexibility index (Phi) is 3.47. The molecule has 0 aliphatic carbocycles. The molecule has 0 atom stereocenters. The van der Waals surface area contributed by atoms with Crippen molar-refractivity contribution in [2.75, 3.05) is 6.54 Å². The number of hydrogen-bond donors (Lipinski definition) is 1. The molecule has 5 nitrogen and oxygen atoms in total. The molecule has 0 fully saturated rings. The first-order chi connectivity index (χ1) is 8.72. The summed E-state index contributed by atoms with van der Waals surface area (Å²) in [5, 5.41) is 9.67. The van der Waals surface area contributed by atoms with E-state index < -0.39 is 11.7 Å². The number of aromatic nitrogens is 2. The molecular weight excluding hydrogens is 237 g/mol. The quantitative estimate of drug-likeness (QED) is 0.836. The number of benzene rings is 1. The molecule has 18 heavy (non-hydrogen) atoms. The second kappa shape index (κ2) is 5.22. The van der Waals surface area contributed by atoms with Gasteiger partial charge in [-0.2, -0.15) is 0 Å². The standard InChI is InChI=1S/C12H10FN3O2/c1-2-7-14-10(17)12-16-15-11(18-12)8-5-3-4-6-9(8)13/h2-6H,1,7H2,(H,14,17). The average molecular weight is 247 g/mol. The predicted molar refractivity (Wildman–Crippen MR) is 62.2 cm³/mol. The van der Waals surface area contributed by atoms with Crippen LogP contribution in [0, 0.1) is 5.82 Å². The topological polar surface area (TPSA) is 68.0 Å². The Morgan fingerprint density at radius 3 is 2.94 bits per heavy atom. The third-order valence-corrected chi connectivity index (χ3v) is 2.13. The summed E-state index contributed by atoms with van der Waals surface area (Å²) in [4.78, 5) is 11.5. The van der Waals surface area contributed by atoms with Crippen LogP contribution in [0.4, 0.5) is 4.39 Å². The van der Waals surface area contributed by atoms with Crippen LogP contribution in [-0.4, -0.2) is 22.6 Å². The van der Waals surface area contributed by atoms with Crippen LogP contribution >= 0.6 is 0 Å². The van der Waals surface area contributed by atoms with Gasteiger partial charge in [0, 0.05) is 6.54 Å². The molecule has 0 unspecified atom stereocenters. The van der Waals surface area contributed by atoms with E-state index in [1.165, 1.54) is 18.2 Å². The zero-order valence-electron chi connectivity index (χ0n) is 9.39. The third kappa shape index (κ3) is 2.42. The monoisotopic (exact) mass is 247 g/mol. The van der Waals surface area contributed by atoms with Gasteiger partial charge in [-0.25, -0.2) is 4.39 Å². The maximum Gasteiger partial charge on any atom is 0.309 e. The molecule has 1 amide bonds. The van der Waals surface area contributed by atoms with E-state index in [1.54, 1.807) is 12.1 Å². The Morgan fingerprint density at radius 1 is 1.44 bits per heavy atom. The molecule has 1 heterocycles. The first-order valence-electron chi connectivity index (χ1n) is 5.20. The van der Waals surface area contributed by atoms with Crippen LogP contribution in [0.3, 0.4) is 0 Å². The Balaban J connectivity index is 2.23. The molecule has 0 spiro atoms. The van der Waals surface area contributed by atoms with E-state index in [0.29, 0.717) is 0 Å². The molecule has 1 aromatic heterocycles. The van der Waals surface area contributed by atoms with Gasteiger partial charge in [0.25, 0.3) is 5.89 Å². The van der Waals surface area contributed by atoms with Gasteiger partial charge < -0.3 is 9.73 Å². The Morgan fingerprint density at radius 2 is 2.22 bits per heavy atom. The lowest BCUT2D eigenvalue weighted by molar-refractivity contribution is 0.0924. The minimum absolute atomic E-state index is 0.0307. The van der Waals surface area contributed by atoms with Crippen molar-refractivity contribution in [2.45, 2.75) is 0 Å². The van der Waals surface area contributed by atoms with E-state index in [4.69, 9.17) is 4.42 Å². The van der Waals surface area contributed by atoms with Crippen molar-refractivity contribution >= 4 is 5.91 Å². The summed E-state index contributed by atoms with van der Waals surface area (Å²) < 4.78 is 18.5. The van der Waals surface area contributed by atoms with E-state index in [0.717, 1.165) is 0 Å². The molecule has 0 aliphatic heterocycles. The lowest BCUT2D eigenvalue weighted by Gasteiger charge is -1.97. The molecule has 1 N–H and O–H groups in total. The normalized spacial score (nSPS) is 10.1. The van der Waals surface area contributed by atoms with Gasteiger partial charge in [0.15, 0.2) is 0 Å². The summed E-state index contributed by atoms with van der Waals surface area (Å²) in [5.74, 6) is -1.25. The van der Waals surface area contributed by atoms with Gasteiger partial charge in [0.2, 0.25) is 0 Å². The number of halogens is 1. The summed E-state index contributed by atoms with van der Waals surface area (Å²) >= 11 is 0. The molecule has 0 radical (unpaired) electrons. The summed E-state index contributed by atoms with van der Waals surface area (Å²) in [5.41, 5.74) is 0.160. The Hall–Kier alpha value is -2.50. The number of nitrogens with one attached hydrogen (secondary N) is 1. The fourth-order valence-corrected chi connectivity index (χ4v) is 1.30. The molecule has 0 saturated heterocycles. The number of nitrogens with zero attached hydrogens (tertiary/aromatic N) is 2. The maximum absolute atomic E-state index is 13.4. The minimum Gasteiger partial charge on any atom is -0.412 e. The summed E-state index contributed by atoms with van der Waals surface area (Å²) in [7, 11) is 0. The highest BCUT2D eigenvalue weighted by Crippen LogP contribution is 2.20. The van der Waals surface area contributed by atoms with E-state index >= 15 is 0 Å². The molecule has 92 valence electrons. The Bertz CT molecular complexity index is 580. The van der Waals surface area contributed by atoms with Gasteiger partial charge >= 0.3 is 11.8 Å². The molecule has 0 aliphatic rings. The fraction of sp³-hybridized carbons (Fsp3) is 0.0833. The van der Waals surface area contributed by atoms with Crippen molar-refractivity contribution < 1.29 is 13.6 Å². The molecule has 1 aromatic carbocycles. The van der Waals surface area contributed by atoms with Crippen molar-refractivity contribution in [1.29, 1.82) is 0 Å². The van der Waals surface area contributed by atoms with E-state index in [-0.39, 0.29) is 23.9 Å². The molecule has 0 bridgehead atoms. The van der Waals surface area contributed by atoms with Crippen LogP contribution in [-0.2, 0) is 0 Å². The fourth-order valence-electron chi connectivity index (χ4n) is 1.30. The molecular formula is C12H10FN3O2. The first kappa shape index (κ1) is 12.0. The van der Waals surface area contributed by atoms with Crippen molar-refractivity contribution in [1.82, 2.24) is 15.5 Å². The highest BCUT2D eigenvalue weighted by Gasteiger charge is 2.16. The van der Waals surface area contributed by atoms with E-state index in [2.05, 4.69) is 22.1 Å². The van der Waals surface area contributed by atoms with Gasteiger partial charge in [0.1, 0.15) is 5.82 Å². The van der Waals surface area contributed by atoms with Crippen LogP contribution < -0.4 is 5.32 Å².